The van der Waals surface area contributed by atoms with Gasteiger partial charge in [0.05, 0.1) is 5.02 Å². The van der Waals surface area contributed by atoms with E-state index in [9.17, 15) is 4.79 Å². The lowest BCUT2D eigenvalue weighted by molar-refractivity contribution is 0.103. The molecule has 0 amide bonds. The van der Waals surface area contributed by atoms with Crippen LogP contribution in [-0.4, -0.2) is 5.78 Å². The molecular weight excluding hydrogens is 267 g/mol. The summed E-state index contributed by atoms with van der Waals surface area (Å²) in [7, 11) is 0. The summed E-state index contributed by atoms with van der Waals surface area (Å²) in [5, 5.41) is 0.908. The third-order valence-corrected chi connectivity index (χ3v) is 3.36. The van der Waals surface area contributed by atoms with Crippen LogP contribution in [0.3, 0.4) is 0 Å². The van der Waals surface area contributed by atoms with E-state index in [1.165, 1.54) is 0 Å². The van der Waals surface area contributed by atoms with Gasteiger partial charge in [-0.05, 0) is 43.7 Å². The van der Waals surface area contributed by atoms with Crippen molar-refractivity contribution in [3.05, 3.63) is 68.7 Å². The fraction of sp³-hybridized carbons (Fsp3) is 0.133. The third-order valence-electron chi connectivity index (χ3n) is 2.81. The molecule has 3 heteroatoms. The van der Waals surface area contributed by atoms with Crippen molar-refractivity contribution >= 4 is 29.0 Å². The molecule has 0 fully saturated rings. The Bertz CT molecular complexity index is 618. The number of hydrogen-bond acceptors (Lipinski definition) is 1. The molecule has 0 N–H and O–H groups in total. The van der Waals surface area contributed by atoms with Gasteiger partial charge in [0.25, 0.3) is 0 Å². The molecule has 0 aliphatic rings. The lowest BCUT2D eigenvalue weighted by Gasteiger charge is -2.08. The van der Waals surface area contributed by atoms with Crippen LogP contribution in [-0.2, 0) is 0 Å². The molecule has 0 aliphatic heterocycles. The highest BCUT2D eigenvalue weighted by molar-refractivity contribution is 6.37. The average Bonchev–Trinajstić information content (AvgIpc) is 2.31. The van der Waals surface area contributed by atoms with Crippen molar-refractivity contribution in [3.8, 4) is 0 Å². The van der Waals surface area contributed by atoms with Crippen LogP contribution in [0.4, 0.5) is 0 Å². The van der Waals surface area contributed by atoms with E-state index in [0.717, 1.165) is 11.1 Å². The number of ketones is 1. The van der Waals surface area contributed by atoms with Gasteiger partial charge in [-0.25, -0.2) is 0 Å². The van der Waals surface area contributed by atoms with Gasteiger partial charge in [0.15, 0.2) is 5.78 Å². The maximum atomic E-state index is 12.4. The maximum absolute atomic E-state index is 12.4. The van der Waals surface area contributed by atoms with Crippen molar-refractivity contribution in [3.63, 3.8) is 0 Å². The van der Waals surface area contributed by atoms with Crippen molar-refractivity contribution in [2.75, 3.05) is 0 Å². The summed E-state index contributed by atoms with van der Waals surface area (Å²) in [5.74, 6) is -0.0714. The normalized spacial score (nSPS) is 10.4. The van der Waals surface area contributed by atoms with Crippen LogP contribution in [0.1, 0.15) is 27.0 Å². The van der Waals surface area contributed by atoms with Gasteiger partial charge in [-0.2, -0.15) is 0 Å². The molecule has 0 saturated carbocycles. The van der Waals surface area contributed by atoms with E-state index in [1.807, 2.05) is 32.0 Å². The summed E-state index contributed by atoms with van der Waals surface area (Å²) in [6.07, 6.45) is 0. The smallest absolute Gasteiger partial charge is 0.194 e. The summed E-state index contributed by atoms with van der Waals surface area (Å²) in [6, 6.07) is 10.7. The Hall–Kier alpha value is -1.31. The highest BCUT2D eigenvalue weighted by Crippen LogP contribution is 2.24. The summed E-state index contributed by atoms with van der Waals surface area (Å²) in [4.78, 5) is 12.4. The zero-order valence-electron chi connectivity index (χ0n) is 10.1. The molecule has 0 aliphatic carbocycles. The minimum atomic E-state index is -0.0714. The maximum Gasteiger partial charge on any atom is 0.194 e. The summed E-state index contributed by atoms with van der Waals surface area (Å²) in [6.45, 7) is 3.87. The number of carbonyl (C=O) groups is 1. The number of halogens is 2. The van der Waals surface area contributed by atoms with E-state index < -0.39 is 0 Å². The molecule has 92 valence electrons. The van der Waals surface area contributed by atoms with Crippen LogP contribution in [0.5, 0.6) is 0 Å². The standard InChI is InChI=1S/C15H12Cl2O/c1-9-3-4-10(2)13(7-9)15(18)12-6-5-11(16)8-14(12)17/h3-8H,1-2H3. The molecule has 2 aromatic rings. The number of benzene rings is 2. The summed E-state index contributed by atoms with van der Waals surface area (Å²) >= 11 is 11.9. The first kappa shape index (κ1) is 13.1. The van der Waals surface area contributed by atoms with Crippen molar-refractivity contribution in [2.24, 2.45) is 0 Å². The minimum absolute atomic E-state index is 0.0714. The molecular formula is C15H12Cl2O. The number of hydrogen-bond donors (Lipinski definition) is 0. The molecule has 0 atom stereocenters. The Morgan fingerprint density at radius 2 is 1.67 bits per heavy atom. The van der Waals surface area contributed by atoms with Crippen molar-refractivity contribution in [1.29, 1.82) is 0 Å². The molecule has 18 heavy (non-hydrogen) atoms. The highest BCUT2D eigenvalue weighted by Gasteiger charge is 2.15. The van der Waals surface area contributed by atoms with Gasteiger partial charge >= 0.3 is 0 Å². The lowest BCUT2D eigenvalue weighted by Crippen LogP contribution is -2.04. The first-order valence-electron chi connectivity index (χ1n) is 5.56. The van der Waals surface area contributed by atoms with Crippen molar-refractivity contribution in [2.45, 2.75) is 13.8 Å². The van der Waals surface area contributed by atoms with E-state index in [-0.39, 0.29) is 5.78 Å². The Balaban J connectivity index is 2.51. The summed E-state index contributed by atoms with van der Waals surface area (Å²) < 4.78 is 0. The third kappa shape index (κ3) is 2.58. The van der Waals surface area contributed by atoms with Gasteiger partial charge in [0.2, 0.25) is 0 Å². The first-order valence-corrected chi connectivity index (χ1v) is 6.31. The topological polar surface area (TPSA) is 17.1 Å². The fourth-order valence-electron chi connectivity index (χ4n) is 1.80. The van der Waals surface area contributed by atoms with Crippen LogP contribution < -0.4 is 0 Å². The zero-order chi connectivity index (χ0) is 13.3. The predicted molar refractivity (Wildman–Crippen MR) is 75.8 cm³/mol. The quantitative estimate of drug-likeness (QED) is 0.719. The Kier molecular flexibility index (Phi) is 3.74. The first-order chi connectivity index (χ1) is 8.49. The monoisotopic (exact) mass is 278 g/mol. The second kappa shape index (κ2) is 5.13. The van der Waals surface area contributed by atoms with E-state index in [4.69, 9.17) is 23.2 Å². The van der Waals surface area contributed by atoms with Crippen molar-refractivity contribution < 1.29 is 4.79 Å². The van der Waals surface area contributed by atoms with Crippen LogP contribution in [0.15, 0.2) is 36.4 Å². The molecule has 0 aromatic heterocycles. The van der Waals surface area contributed by atoms with Gasteiger partial charge in [-0.15, -0.1) is 0 Å². The zero-order valence-corrected chi connectivity index (χ0v) is 11.6. The molecule has 0 saturated heterocycles. The number of carbonyl (C=O) groups excluding carboxylic acids is 1. The minimum Gasteiger partial charge on any atom is -0.289 e. The predicted octanol–water partition coefficient (Wildman–Crippen LogP) is 4.84. The van der Waals surface area contributed by atoms with E-state index in [2.05, 4.69) is 0 Å². The van der Waals surface area contributed by atoms with Crippen LogP contribution >= 0.6 is 23.2 Å². The molecule has 2 aromatic carbocycles. The fourth-order valence-corrected chi connectivity index (χ4v) is 2.29. The van der Waals surface area contributed by atoms with Gasteiger partial charge < -0.3 is 0 Å². The second-order valence-electron chi connectivity index (χ2n) is 4.27. The van der Waals surface area contributed by atoms with Crippen LogP contribution in [0, 0.1) is 13.8 Å². The highest BCUT2D eigenvalue weighted by atomic mass is 35.5. The summed E-state index contributed by atoms with van der Waals surface area (Å²) in [5.41, 5.74) is 3.15. The van der Waals surface area contributed by atoms with Gasteiger partial charge in [-0.1, -0.05) is 40.9 Å². The van der Waals surface area contributed by atoms with Gasteiger partial charge in [0.1, 0.15) is 0 Å². The van der Waals surface area contributed by atoms with E-state index in [1.54, 1.807) is 18.2 Å². The second-order valence-corrected chi connectivity index (χ2v) is 5.12. The molecule has 1 nitrogen and oxygen atoms in total. The molecule has 0 unspecified atom stereocenters. The molecule has 0 bridgehead atoms. The Labute approximate surface area is 116 Å². The molecule has 0 radical (unpaired) electrons. The molecule has 2 rings (SSSR count). The van der Waals surface area contributed by atoms with Crippen LogP contribution in [0.2, 0.25) is 10.0 Å². The number of aryl methyl sites for hydroxylation is 2. The number of rotatable bonds is 2. The molecule has 0 heterocycles. The lowest BCUT2D eigenvalue weighted by atomic mass is 9.97. The van der Waals surface area contributed by atoms with E-state index in [0.29, 0.717) is 21.2 Å². The van der Waals surface area contributed by atoms with Gasteiger partial charge in [0, 0.05) is 16.1 Å². The molecule has 0 spiro atoms. The average molecular weight is 279 g/mol. The Morgan fingerprint density at radius 1 is 0.944 bits per heavy atom. The van der Waals surface area contributed by atoms with Crippen molar-refractivity contribution in [1.82, 2.24) is 0 Å². The van der Waals surface area contributed by atoms with Gasteiger partial charge in [-0.3, -0.25) is 4.79 Å². The van der Waals surface area contributed by atoms with E-state index >= 15 is 0 Å². The van der Waals surface area contributed by atoms with Crippen LogP contribution in [0.25, 0.3) is 0 Å². The Morgan fingerprint density at radius 3 is 2.33 bits per heavy atom. The largest absolute Gasteiger partial charge is 0.289 e. The SMILES string of the molecule is Cc1ccc(C)c(C(=O)c2ccc(Cl)cc2Cl)c1.